The van der Waals surface area contributed by atoms with Gasteiger partial charge in [0.1, 0.15) is 5.82 Å². The Hall–Kier alpha value is -1.89. The zero-order chi connectivity index (χ0) is 18.7. The average molecular weight is 364 g/mol. The Morgan fingerprint density at radius 2 is 1.72 bits per heavy atom. The summed E-state index contributed by atoms with van der Waals surface area (Å²) in [6.45, 7) is 9.89. The molecule has 0 bridgehead atoms. The van der Waals surface area contributed by atoms with E-state index in [-0.39, 0.29) is 29.1 Å². The van der Waals surface area contributed by atoms with Crippen molar-refractivity contribution in [1.29, 1.82) is 0 Å². The zero-order valence-corrected chi connectivity index (χ0v) is 16.3. The number of rotatable bonds is 6. The van der Waals surface area contributed by atoms with Gasteiger partial charge in [0.25, 0.3) is 0 Å². The zero-order valence-electron chi connectivity index (χ0n) is 15.5. The van der Waals surface area contributed by atoms with Crippen LogP contribution in [0.5, 0.6) is 0 Å². The molecule has 0 fully saturated rings. The molecule has 2 rings (SSSR count). The molecule has 1 amide bonds. The van der Waals surface area contributed by atoms with E-state index in [0.717, 1.165) is 0 Å². The molecule has 7 heteroatoms. The van der Waals surface area contributed by atoms with Crippen LogP contribution in [0.1, 0.15) is 34.6 Å². The quantitative estimate of drug-likeness (QED) is 0.733. The summed E-state index contributed by atoms with van der Waals surface area (Å²) < 4.78 is 15.7. The van der Waals surface area contributed by atoms with Gasteiger partial charge >= 0.3 is 0 Å². The number of carbonyl (C=O) groups is 1. The van der Waals surface area contributed by atoms with Crippen LogP contribution in [-0.2, 0) is 11.8 Å². The number of hydrogen-bond donors (Lipinski definition) is 0. The van der Waals surface area contributed by atoms with Gasteiger partial charge in [0.15, 0.2) is 11.0 Å². The lowest BCUT2D eigenvalue weighted by molar-refractivity contribution is -0.133. The summed E-state index contributed by atoms with van der Waals surface area (Å²) in [7, 11) is 1.78. The van der Waals surface area contributed by atoms with Crippen molar-refractivity contribution in [2.24, 2.45) is 7.05 Å². The average Bonchev–Trinajstić information content (AvgIpc) is 2.88. The van der Waals surface area contributed by atoms with Gasteiger partial charge in [-0.05, 0) is 46.8 Å². The Bertz CT molecular complexity index is 736. The Kier molecular flexibility index (Phi) is 6.21. The molecule has 25 heavy (non-hydrogen) atoms. The molecule has 0 saturated carbocycles. The van der Waals surface area contributed by atoms with Gasteiger partial charge in [-0.25, -0.2) is 4.39 Å². The predicted molar refractivity (Wildman–Crippen MR) is 98.8 cm³/mol. The topological polar surface area (TPSA) is 51.0 Å². The van der Waals surface area contributed by atoms with Crippen LogP contribution in [0.15, 0.2) is 29.4 Å². The number of carbonyl (C=O) groups excluding carboxylic acids is 1. The summed E-state index contributed by atoms with van der Waals surface area (Å²) in [6, 6.07) is 6.72. The van der Waals surface area contributed by atoms with E-state index in [0.29, 0.717) is 16.5 Å². The third-order valence-electron chi connectivity index (χ3n) is 3.95. The molecule has 1 atom stereocenters. The van der Waals surface area contributed by atoms with Crippen LogP contribution in [0.25, 0.3) is 11.4 Å². The molecule has 0 spiro atoms. The van der Waals surface area contributed by atoms with Crippen LogP contribution in [0.4, 0.5) is 4.39 Å². The first-order chi connectivity index (χ1) is 11.7. The first-order valence-electron chi connectivity index (χ1n) is 8.37. The van der Waals surface area contributed by atoms with E-state index < -0.39 is 0 Å². The van der Waals surface area contributed by atoms with Crippen LogP contribution >= 0.6 is 11.8 Å². The maximum atomic E-state index is 14.0. The van der Waals surface area contributed by atoms with Crippen molar-refractivity contribution < 1.29 is 9.18 Å². The molecule has 5 nitrogen and oxygen atoms in total. The van der Waals surface area contributed by atoms with E-state index >= 15 is 0 Å². The van der Waals surface area contributed by atoms with Gasteiger partial charge < -0.3 is 9.47 Å². The highest BCUT2D eigenvalue weighted by molar-refractivity contribution is 8.00. The lowest BCUT2D eigenvalue weighted by Gasteiger charge is -2.32. The molecule has 0 aliphatic rings. The van der Waals surface area contributed by atoms with Crippen LogP contribution in [-0.4, -0.2) is 42.9 Å². The summed E-state index contributed by atoms with van der Waals surface area (Å²) in [5, 5.41) is 8.53. The molecule has 1 aromatic carbocycles. The molecule has 0 unspecified atom stereocenters. The smallest absolute Gasteiger partial charge is 0.236 e. The number of hydrogen-bond acceptors (Lipinski definition) is 4. The number of halogens is 1. The number of nitrogens with zero attached hydrogens (tertiary/aromatic N) is 4. The molecule has 0 N–H and O–H groups in total. The summed E-state index contributed by atoms with van der Waals surface area (Å²) in [5.41, 5.74) is 0.398. The SMILES string of the molecule is CC(C)N(C(=O)[C@@H](C)Sc1nnc(-c2ccccc2F)n1C)C(C)C. The Balaban J connectivity index is 2.21. The Labute approximate surface area is 152 Å². The van der Waals surface area contributed by atoms with E-state index in [4.69, 9.17) is 0 Å². The second-order valence-electron chi connectivity index (χ2n) is 6.54. The standard InChI is InChI=1S/C18H25FN4OS/c1-11(2)23(12(3)4)17(24)13(5)25-18-21-20-16(22(18)6)14-9-7-8-10-15(14)19/h7-13H,1-6H3/t13-/m1/s1. The fraction of sp³-hybridized carbons (Fsp3) is 0.500. The molecule has 1 aromatic heterocycles. The minimum atomic E-state index is -0.343. The lowest BCUT2D eigenvalue weighted by Crippen LogP contribution is -2.45. The fourth-order valence-corrected chi connectivity index (χ4v) is 3.69. The highest BCUT2D eigenvalue weighted by Gasteiger charge is 2.27. The molecule has 0 saturated heterocycles. The third-order valence-corrected chi connectivity index (χ3v) is 5.07. The number of benzene rings is 1. The number of thioether (sulfide) groups is 1. The van der Waals surface area contributed by atoms with Crippen molar-refractivity contribution in [3.63, 3.8) is 0 Å². The third kappa shape index (κ3) is 4.21. The van der Waals surface area contributed by atoms with Crippen molar-refractivity contribution in [2.45, 2.75) is 57.1 Å². The normalized spacial score (nSPS) is 12.7. The Morgan fingerprint density at radius 1 is 1.12 bits per heavy atom. The van der Waals surface area contributed by atoms with Crippen molar-refractivity contribution in [3.8, 4) is 11.4 Å². The molecule has 0 radical (unpaired) electrons. The van der Waals surface area contributed by atoms with Gasteiger partial charge in [-0.1, -0.05) is 23.9 Å². The molecule has 1 heterocycles. The molecule has 136 valence electrons. The predicted octanol–water partition coefficient (Wildman–Crippen LogP) is 3.75. The fourth-order valence-electron chi connectivity index (χ4n) is 2.82. The van der Waals surface area contributed by atoms with Gasteiger partial charge in [-0.2, -0.15) is 0 Å². The van der Waals surface area contributed by atoms with E-state index in [9.17, 15) is 9.18 Å². The lowest BCUT2D eigenvalue weighted by atomic mass is 10.2. The van der Waals surface area contributed by atoms with Crippen LogP contribution < -0.4 is 0 Å². The minimum absolute atomic E-state index is 0.0606. The molecule has 0 aliphatic heterocycles. The summed E-state index contributed by atoms with van der Waals surface area (Å²) in [5.74, 6) is 0.166. The van der Waals surface area contributed by atoms with E-state index in [1.807, 2.05) is 39.5 Å². The second-order valence-corrected chi connectivity index (χ2v) is 7.85. The van der Waals surface area contributed by atoms with Crippen molar-refractivity contribution >= 4 is 17.7 Å². The van der Waals surface area contributed by atoms with Crippen molar-refractivity contribution in [3.05, 3.63) is 30.1 Å². The van der Waals surface area contributed by atoms with Gasteiger partial charge in [-0.3, -0.25) is 4.79 Å². The number of aromatic nitrogens is 3. The van der Waals surface area contributed by atoms with Gasteiger partial charge in [0, 0.05) is 19.1 Å². The van der Waals surface area contributed by atoms with E-state index in [2.05, 4.69) is 10.2 Å². The largest absolute Gasteiger partial charge is 0.337 e. The second kappa shape index (κ2) is 7.99. The summed E-state index contributed by atoms with van der Waals surface area (Å²) in [6.07, 6.45) is 0. The van der Waals surface area contributed by atoms with E-state index in [1.165, 1.54) is 17.8 Å². The van der Waals surface area contributed by atoms with E-state index in [1.54, 1.807) is 29.8 Å². The van der Waals surface area contributed by atoms with Crippen LogP contribution in [0.3, 0.4) is 0 Å². The number of amides is 1. The highest BCUT2D eigenvalue weighted by atomic mass is 32.2. The van der Waals surface area contributed by atoms with Crippen molar-refractivity contribution in [1.82, 2.24) is 19.7 Å². The molecular weight excluding hydrogens is 339 g/mol. The van der Waals surface area contributed by atoms with Gasteiger partial charge in [0.2, 0.25) is 5.91 Å². The molecule has 2 aromatic rings. The highest BCUT2D eigenvalue weighted by Crippen LogP contribution is 2.28. The molecular formula is C18H25FN4OS. The summed E-state index contributed by atoms with van der Waals surface area (Å²) >= 11 is 1.34. The first-order valence-corrected chi connectivity index (χ1v) is 9.25. The maximum absolute atomic E-state index is 14.0. The monoisotopic (exact) mass is 364 g/mol. The maximum Gasteiger partial charge on any atom is 0.236 e. The van der Waals surface area contributed by atoms with Crippen molar-refractivity contribution in [2.75, 3.05) is 0 Å². The van der Waals surface area contributed by atoms with Gasteiger partial charge in [0.05, 0.1) is 10.8 Å². The van der Waals surface area contributed by atoms with Crippen LogP contribution in [0.2, 0.25) is 0 Å². The minimum Gasteiger partial charge on any atom is -0.337 e. The van der Waals surface area contributed by atoms with Gasteiger partial charge in [-0.15, -0.1) is 10.2 Å². The molecule has 0 aliphatic carbocycles. The first kappa shape index (κ1) is 19.4. The summed E-state index contributed by atoms with van der Waals surface area (Å²) in [4.78, 5) is 14.6. The Morgan fingerprint density at radius 3 is 2.28 bits per heavy atom. The van der Waals surface area contributed by atoms with Crippen LogP contribution in [0, 0.1) is 5.82 Å².